The zero-order valence-corrected chi connectivity index (χ0v) is 11.4. The Morgan fingerprint density at radius 3 is 2.29 bits per heavy atom. The highest BCUT2D eigenvalue weighted by molar-refractivity contribution is 5.17. The molecule has 0 saturated heterocycles. The van der Waals surface area contributed by atoms with Gasteiger partial charge in [-0.3, -0.25) is 0 Å². The van der Waals surface area contributed by atoms with Gasteiger partial charge in [-0.1, -0.05) is 51.1 Å². The summed E-state index contributed by atoms with van der Waals surface area (Å²) in [5, 5.41) is 13.3. The normalized spacial score (nSPS) is 15.6. The lowest BCUT2D eigenvalue weighted by atomic mass is 9.89. The van der Waals surface area contributed by atoms with Crippen LogP contribution in [-0.2, 0) is 0 Å². The van der Waals surface area contributed by atoms with E-state index in [0.29, 0.717) is 6.54 Å². The lowest BCUT2D eigenvalue weighted by Gasteiger charge is -2.24. The molecule has 0 spiro atoms. The number of hydrogen-bond acceptors (Lipinski definition) is 2. The Balaban J connectivity index is 2.36. The summed E-state index contributed by atoms with van der Waals surface area (Å²) in [7, 11) is 0. The maximum absolute atomic E-state index is 9.92. The topological polar surface area (TPSA) is 32.3 Å². The molecule has 2 atom stereocenters. The van der Waals surface area contributed by atoms with E-state index in [1.54, 1.807) is 0 Å². The maximum atomic E-state index is 9.92. The van der Waals surface area contributed by atoms with Crippen molar-refractivity contribution < 1.29 is 5.11 Å². The second-order valence-electron chi connectivity index (χ2n) is 5.96. The van der Waals surface area contributed by atoms with E-state index in [9.17, 15) is 5.11 Å². The highest BCUT2D eigenvalue weighted by atomic mass is 16.3. The van der Waals surface area contributed by atoms with Gasteiger partial charge in [0.2, 0.25) is 0 Å². The van der Waals surface area contributed by atoms with Crippen molar-refractivity contribution in [1.29, 1.82) is 0 Å². The van der Waals surface area contributed by atoms with Crippen molar-refractivity contribution in [2.75, 3.05) is 6.54 Å². The highest BCUT2D eigenvalue weighted by Gasteiger charge is 2.17. The van der Waals surface area contributed by atoms with E-state index in [0.717, 1.165) is 6.42 Å². The van der Waals surface area contributed by atoms with Gasteiger partial charge < -0.3 is 10.4 Å². The fourth-order valence-electron chi connectivity index (χ4n) is 1.95. The van der Waals surface area contributed by atoms with Crippen LogP contribution in [0.4, 0.5) is 0 Å². The average molecular weight is 235 g/mol. The van der Waals surface area contributed by atoms with E-state index in [1.807, 2.05) is 18.2 Å². The molecule has 1 aromatic carbocycles. The first-order valence-corrected chi connectivity index (χ1v) is 6.35. The van der Waals surface area contributed by atoms with Gasteiger partial charge in [0.25, 0.3) is 0 Å². The Morgan fingerprint density at radius 1 is 1.18 bits per heavy atom. The molecule has 1 aromatic rings. The van der Waals surface area contributed by atoms with Crippen molar-refractivity contribution in [2.24, 2.45) is 5.41 Å². The van der Waals surface area contributed by atoms with Crippen LogP contribution in [-0.4, -0.2) is 17.8 Å². The Bertz CT molecular complexity index is 315. The van der Waals surface area contributed by atoms with E-state index in [4.69, 9.17) is 0 Å². The van der Waals surface area contributed by atoms with Crippen LogP contribution in [0, 0.1) is 5.41 Å². The molecule has 96 valence electrons. The zero-order valence-electron chi connectivity index (χ0n) is 11.4. The van der Waals surface area contributed by atoms with Crippen LogP contribution in [0.3, 0.4) is 0 Å². The number of rotatable bonds is 5. The summed E-state index contributed by atoms with van der Waals surface area (Å²) in [6.45, 7) is 9.22. The van der Waals surface area contributed by atoms with Gasteiger partial charge in [0, 0.05) is 12.6 Å². The third kappa shape index (κ3) is 5.85. The molecule has 0 aliphatic rings. The summed E-state index contributed by atoms with van der Waals surface area (Å²) in [4.78, 5) is 0. The largest absolute Gasteiger partial charge is 0.392 e. The molecule has 0 bridgehead atoms. The fourth-order valence-corrected chi connectivity index (χ4v) is 1.95. The summed E-state index contributed by atoms with van der Waals surface area (Å²) in [5.41, 5.74) is 1.44. The second-order valence-corrected chi connectivity index (χ2v) is 5.96. The second kappa shape index (κ2) is 6.18. The first-order valence-electron chi connectivity index (χ1n) is 6.35. The van der Waals surface area contributed by atoms with Gasteiger partial charge in [-0.15, -0.1) is 0 Å². The summed E-state index contributed by atoms with van der Waals surface area (Å²) in [6, 6.07) is 10.6. The Labute approximate surface area is 105 Å². The lowest BCUT2D eigenvalue weighted by molar-refractivity contribution is 0.117. The predicted octanol–water partition coefficient (Wildman–Crippen LogP) is 3.13. The molecule has 0 heterocycles. The van der Waals surface area contributed by atoms with Crippen molar-refractivity contribution in [3.05, 3.63) is 35.9 Å². The fraction of sp³-hybridized carbons (Fsp3) is 0.600. The monoisotopic (exact) mass is 235 g/mol. The molecule has 17 heavy (non-hydrogen) atoms. The first kappa shape index (κ1) is 14.2. The molecule has 0 aliphatic carbocycles. The van der Waals surface area contributed by atoms with Gasteiger partial charge in [0.15, 0.2) is 0 Å². The minimum absolute atomic E-state index is 0.178. The highest BCUT2D eigenvalue weighted by Crippen LogP contribution is 2.20. The van der Waals surface area contributed by atoms with Crippen LogP contribution >= 0.6 is 0 Å². The van der Waals surface area contributed by atoms with Gasteiger partial charge >= 0.3 is 0 Å². The van der Waals surface area contributed by atoms with Crippen molar-refractivity contribution in [2.45, 2.75) is 46.3 Å². The molecule has 0 fully saturated rings. The smallest absolute Gasteiger partial charge is 0.0669 e. The SMILES string of the molecule is CC(NCC(O)CC(C)(C)C)c1ccccc1. The summed E-state index contributed by atoms with van der Waals surface area (Å²) in [5.74, 6) is 0. The van der Waals surface area contributed by atoms with Crippen LogP contribution in [0.2, 0.25) is 0 Å². The molecule has 2 heteroatoms. The van der Waals surface area contributed by atoms with Gasteiger partial charge in [0.1, 0.15) is 0 Å². The number of aliphatic hydroxyl groups excluding tert-OH is 1. The number of aliphatic hydroxyl groups is 1. The Hall–Kier alpha value is -0.860. The van der Waals surface area contributed by atoms with E-state index in [1.165, 1.54) is 5.56 Å². The molecule has 2 unspecified atom stereocenters. The summed E-state index contributed by atoms with van der Waals surface area (Å²) >= 11 is 0. The van der Waals surface area contributed by atoms with E-state index >= 15 is 0 Å². The Kier molecular flexibility index (Phi) is 5.16. The van der Waals surface area contributed by atoms with Crippen LogP contribution < -0.4 is 5.32 Å². The van der Waals surface area contributed by atoms with E-state index in [-0.39, 0.29) is 17.6 Å². The van der Waals surface area contributed by atoms with Gasteiger partial charge in [0.05, 0.1) is 6.10 Å². The molecule has 0 amide bonds. The molecule has 0 aromatic heterocycles. The molecule has 1 rings (SSSR count). The van der Waals surface area contributed by atoms with E-state index in [2.05, 4.69) is 45.1 Å². The summed E-state index contributed by atoms with van der Waals surface area (Å²) in [6.07, 6.45) is 0.544. The molecule has 0 aliphatic heterocycles. The average Bonchev–Trinajstić information content (AvgIpc) is 2.25. The molecule has 2 N–H and O–H groups in total. The van der Waals surface area contributed by atoms with Gasteiger partial charge in [-0.25, -0.2) is 0 Å². The maximum Gasteiger partial charge on any atom is 0.0669 e. The van der Waals surface area contributed by atoms with Crippen LogP contribution in [0.5, 0.6) is 0 Å². The van der Waals surface area contributed by atoms with Crippen LogP contribution in [0.25, 0.3) is 0 Å². The van der Waals surface area contributed by atoms with Gasteiger partial charge in [-0.05, 0) is 24.3 Å². The molecular formula is C15H25NO. The Morgan fingerprint density at radius 2 is 1.76 bits per heavy atom. The molecule has 0 saturated carbocycles. The summed E-state index contributed by atoms with van der Waals surface area (Å²) < 4.78 is 0. The van der Waals surface area contributed by atoms with Crippen molar-refractivity contribution in [3.63, 3.8) is 0 Å². The lowest BCUT2D eigenvalue weighted by Crippen LogP contribution is -2.31. The van der Waals surface area contributed by atoms with Crippen molar-refractivity contribution in [3.8, 4) is 0 Å². The van der Waals surface area contributed by atoms with Crippen molar-refractivity contribution >= 4 is 0 Å². The minimum atomic E-state index is -0.277. The molecular weight excluding hydrogens is 210 g/mol. The number of hydrogen-bond donors (Lipinski definition) is 2. The predicted molar refractivity (Wildman–Crippen MR) is 72.9 cm³/mol. The number of benzene rings is 1. The van der Waals surface area contributed by atoms with Gasteiger partial charge in [-0.2, -0.15) is 0 Å². The first-order chi connectivity index (χ1) is 7.88. The standard InChI is InChI=1S/C15H25NO/c1-12(13-8-6-5-7-9-13)16-11-14(17)10-15(2,3)4/h5-9,12,14,16-17H,10-11H2,1-4H3. The minimum Gasteiger partial charge on any atom is -0.392 e. The van der Waals surface area contributed by atoms with Crippen LogP contribution in [0.1, 0.15) is 45.7 Å². The molecule has 2 nitrogen and oxygen atoms in total. The number of nitrogens with one attached hydrogen (secondary N) is 1. The van der Waals surface area contributed by atoms with E-state index < -0.39 is 0 Å². The molecule has 0 radical (unpaired) electrons. The quantitative estimate of drug-likeness (QED) is 0.822. The zero-order chi connectivity index (χ0) is 12.9. The third-order valence-corrected chi connectivity index (χ3v) is 2.81. The third-order valence-electron chi connectivity index (χ3n) is 2.81. The van der Waals surface area contributed by atoms with Crippen molar-refractivity contribution in [1.82, 2.24) is 5.32 Å². The van der Waals surface area contributed by atoms with Crippen LogP contribution in [0.15, 0.2) is 30.3 Å².